The maximum Gasteiger partial charge on any atom is 0.349 e. The summed E-state index contributed by atoms with van der Waals surface area (Å²) in [5.74, 6) is -0.518. The van der Waals surface area contributed by atoms with Gasteiger partial charge in [0, 0.05) is 18.4 Å². The first-order chi connectivity index (χ1) is 9.67. The van der Waals surface area contributed by atoms with Crippen LogP contribution in [0.15, 0.2) is 27.9 Å². The number of amidine groups is 1. The van der Waals surface area contributed by atoms with Gasteiger partial charge < -0.3 is 9.64 Å². The number of carbonyl (C=O) groups excluding carboxylic acids is 1. The Morgan fingerprint density at radius 2 is 2.25 bits per heavy atom. The molecule has 110 valence electrons. The van der Waals surface area contributed by atoms with Crippen molar-refractivity contribution in [2.24, 2.45) is 4.99 Å². The van der Waals surface area contributed by atoms with Crippen molar-refractivity contribution in [2.75, 3.05) is 13.2 Å². The van der Waals surface area contributed by atoms with Crippen LogP contribution in [0.1, 0.15) is 39.5 Å². The van der Waals surface area contributed by atoms with Crippen molar-refractivity contribution in [1.29, 1.82) is 0 Å². The number of hydrogen-bond acceptors (Lipinski definition) is 5. The smallest absolute Gasteiger partial charge is 0.349 e. The third-order valence-electron chi connectivity index (χ3n) is 3.16. The number of fused-ring (bicyclic) bond motifs is 1. The maximum absolute atomic E-state index is 12.3. The topological polar surface area (TPSA) is 59.0 Å². The largest absolute Gasteiger partial charge is 0.462 e. The zero-order valence-corrected chi connectivity index (χ0v) is 12.7. The Balaban J connectivity index is 2.05. The van der Waals surface area contributed by atoms with E-state index in [0.717, 1.165) is 25.0 Å². The molecule has 6 heteroatoms. The molecular formula is C14H20N2O3S. The summed E-state index contributed by atoms with van der Waals surface area (Å²) in [5, 5.41) is 0.460. The lowest BCUT2D eigenvalue weighted by Gasteiger charge is -2.19. The number of carbonyl (C=O) groups is 1. The van der Waals surface area contributed by atoms with Gasteiger partial charge in [0.15, 0.2) is 0 Å². The molecule has 5 nitrogen and oxygen atoms in total. The molecule has 0 bridgehead atoms. The summed E-state index contributed by atoms with van der Waals surface area (Å²) in [7, 11) is -1.52. The molecule has 0 saturated heterocycles. The van der Waals surface area contributed by atoms with E-state index < -0.39 is 16.8 Å². The summed E-state index contributed by atoms with van der Waals surface area (Å²) in [6.45, 7) is 4.79. The highest BCUT2D eigenvalue weighted by atomic mass is 32.2. The van der Waals surface area contributed by atoms with Crippen molar-refractivity contribution in [3.63, 3.8) is 0 Å². The molecule has 0 spiro atoms. The Morgan fingerprint density at radius 1 is 1.45 bits per heavy atom. The molecular weight excluding hydrogens is 276 g/mol. The molecule has 0 aromatic carbocycles. The summed E-state index contributed by atoms with van der Waals surface area (Å²) >= 11 is 0. The second-order valence-corrected chi connectivity index (χ2v) is 6.02. The van der Waals surface area contributed by atoms with Crippen LogP contribution < -0.4 is 0 Å². The minimum Gasteiger partial charge on any atom is -0.462 e. The van der Waals surface area contributed by atoms with Gasteiger partial charge in [-0.2, -0.15) is 0 Å². The fraction of sp³-hybridized carbons (Fsp3) is 0.571. The van der Waals surface area contributed by atoms with E-state index in [9.17, 15) is 9.00 Å². The highest BCUT2D eigenvalue weighted by Gasteiger charge is 2.34. The first kappa shape index (κ1) is 15.0. The lowest BCUT2D eigenvalue weighted by molar-refractivity contribution is -0.137. The van der Waals surface area contributed by atoms with Crippen LogP contribution in [0.5, 0.6) is 0 Å². The average Bonchev–Trinajstić information content (AvgIpc) is 2.77. The van der Waals surface area contributed by atoms with Crippen LogP contribution in [0.4, 0.5) is 0 Å². The van der Waals surface area contributed by atoms with Crippen molar-refractivity contribution in [3.8, 4) is 0 Å². The highest BCUT2D eigenvalue weighted by molar-refractivity contribution is 8.05. The average molecular weight is 296 g/mol. The number of ether oxygens (including phenoxy) is 1. The molecule has 0 aromatic heterocycles. The van der Waals surface area contributed by atoms with E-state index in [1.807, 2.05) is 6.08 Å². The molecule has 0 radical (unpaired) electrons. The van der Waals surface area contributed by atoms with Gasteiger partial charge in [-0.15, -0.1) is 0 Å². The lowest BCUT2D eigenvalue weighted by atomic mass is 10.1. The van der Waals surface area contributed by atoms with Gasteiger partial charge in [-0.3, -0.25) is 0 Å². The second-order valence-electron chi connectivity index (χ2n) is 4.68. The molecule has 0 aromatic rings. The number of allylic oxidation sites excluding steroid dienone is 1. The van der Waals surface area contributed by atoms with Crippen LogP contribution in [-0.4, -0.2) is 33.4 Å². The van der Waals surface area contributed by atoms with E-state index >= 15 is 0 Å². The fourth-order valence-corrected chi connectivity index (χ4v) is 3.27. The van der Waals surface area contributed by atoms with Crippen LogP contribution in [0.25, 0.3) is 0 Å². The molecule has 2 aliphatic rings. The first-order valence-electron chi connectivity index (χ1n) is 7.02. The monoisotopic (exact) mass is 296 g/mol. The number of esters is 1. The Bertz CT molecular complexity index is 509. The summed E-state index contributed by atoms with van der Waals surface area (Å²) in [4.78, 5) is 18.1. The van der Waals surface area contributed by atoms with Gasteiger partial charge in [-0.05, 0) is 25.8 Å². The van der Waals surface area contributed by atoms with Crippen molar-refractivity contribution < 1.29 is 13.7 Å². The number of hydrogen-bond donors (Lipinski definition) is 0. The van der Waals surface area contributed by atoms with Crippen LogP contribution in [-0.2, 0) is 20.3 Å². The Kier molecular flexibility index (Phi) is 5.11. The molecule has 0 N–H and O–H groups in total. The number of aliphatic imine (C=N–C) groups is 1. The molecule has 1 atom stereocenters. The molecule has 0 amide bonds. The number of unbranched alkanes of at least 4 members (excludes halogenated alkanes) is 2. The van der Waals surface area contributed by atoms with E-state index in [4.69, 9.17) is 4.74 Å². The second kappa shape index (κ2) is 6.83. The Hall–Kier alpha value is -1.43. The molecule has 0 saturated carbocycles. The molecule has 2 aliphatic heterocycles. The van der Waals surface area contributed by atoms with Crippen molar-refractivity contribution >= 4 is 21.9 Å². The highest BCUT2D eigenvalue weighted by Crippen LogP contribution is 2.25. The van der Waals surface area contributed by atoms with E-state index in [1.165, 1.54) is 6.42 Å². The van der Waals surface area contributed by atoms with Gasteiger partial charge in [0.05, 0.1) is 6.61 Å². The summed E-state index contributed by atoms with van der Waals surface area (Å²) in [6, 6.07) is 0. The maximum atomic E-state index is 12.3. The SMILES string of the molecule is CCCCCC1=CCN2C=C(C(=O)OCC)S(=O)C2=N1. The van der Waals surface area contributed by atoms with Gasteiger partial charge in [-0.1, -0.05) is 19.8 Å². The molecule has 2 rings (SSSR count). The summed E-state index contributed by atoms with van der Waals surface area (Å²) < 4.78 is 17.2. The van der Waals surface area contributed by atoms with Gasteiger partial charge >= 0.3 is 5.97 Å². The molecule has 20 heavy (non-hydrogen) atoms. The summed E-state index contributed by atoms with van der Waals surface area (Å²) in [5.41, 5.74) is 0.969. The van der Waals surface area contributed by atoms with Crippen molar-refractivity contribution in [2.45, 2.75) is 39.5 Å². The van der Waals surface area contributed by atoms with E-state index in [1.54, 1.807) is 18.0 Å². The van der Waals surface area contributed by atoms with E-state index in [2.05, 4.69) is 11.9 Å². The van der Waals surface area contributed by atoms with Crippen LogP contribution in [0.2, 0.25) is 0 Å². The normalized spacial score (nSPS) is 21.0. The minimum atomic E-state index is -1.52. The Labute approximate surface area is 121 Å². The number of nitrogens with zero attached hydrogens (tertiary/aromatic N) is 2. The van der Waals surface area contributed by atoms with E-state index in [0.29, 0.717) is 11.7 Å². The van der Waals surface area contributed by atoms with Gasteiger partial charge in [0.2, 0.25) is 5.17 Å². The van der Waals surface area contributed by atoms with Crippen LogP contribution >= 0.6 is 0 Å². The molecule has 0 aliphatic carbocycles. The molecule has 1 unspecified atom stereocenters. The molecule has 0 fully saturated rings. The quantitative estimate of drug-likeness (QED) is 0.557. The molecule has 2 heterocycles. The van der Waals surface area contributed by atoms with Crippen LogP contribution in [0, 0.1) is 0 Å². The van der Waals surface area contributed by atoms with Gasteiger partial charge in [0.25, 0.3) is 0 Å². The van der Waals surface area contributed by atoms with Crippen molar-refractivity contribution in [1.82, 2.24) is 4.90 Å². The van der Waals surface area contributed by atoms with Crippen LogP contribution in [0.3, 0.4) is 0 Å². The zero-order valence-electron chi connectivity index (χ0n) is 11.9. The van der Waals surface area contributed by atoms with Crippen molar-refractivity contribution in [3.05, 3.63) is 22.9 Å². The zero-order chi connectivity index (χ0) is 14.5. The summed E-state index contributed by atoms with van der Waals surface area (Å²) in [6.07, 6.45) is 7.94. The number of rotatable bonds is 6. The predicted octanol–water partition coefficient (Wildman–Crippen LogP) is 2.29. The predicted molar refractivity (Wildman–Crippen MR) is 79.2 cm³/mol. The third-order valence-corrected chi connectivity index (χ3v) is 4.49. The van der Waals surface area contributed by atoms with Gasteiger partial charge in [0.1, 0.15) is 15.7 Å². The first-order valence-corrected chi connectivity index (χ1v) is 8.17. The fourth-order valence-electron chi connectivity index (χ4n) is 2.10. The third kappa shape index (κ3) is 3.17. The Morgan fingerprint density at radius 3 is 2.95 bits per heavy atom. The lowest BCUT2D eigenvalue weighted by Crippen LogP contribution is -2.27. The standard InChI is InChI=1S/C14H20N2O3S/c1-3-5-6-7-11-8-9-16-10-12(13(17)19-4-2)20(18)14(16)15-11/h8,10H,3-7,9H2,1-2H3. The minimum absolute atomic E-state index is 0.189. The van der Waals surface area contributed by atoms with E-state index in [-0.39, 0.29) is 11.5 Å². The van der Waals surface area contributed by atoms with Gasteiger partial charge in [-0.25, -0.2) is 14.0 Å².